The number of rotatable bonds is 6. The largest absolute Gasteiger partial charge is 0.340 e. The van der Waals surface area contributed by atoms with Gasteiger partial charge in [-0.2, -0.15) is 0 Å². The van der Waals surface area contributed by atoms with Crippen molar-refractivity contribution in [3.05, 3.63) is 59.7 Å². The van der Waals surface area contributed by atoms with Crippen LogP contribution in [0, 0.1) is 17.6 Å². The molecule has 0 radical (unpaired) electrons. The smallest absolute Gasteiger partial charge is 0.226 e. The van der Waals surface area contributed by atoms with E-state index in [1.807, 2.05) is 0 Å². The number of carbonyl (C=O) groups is 1. The van der Waals surface area contributed by atoms with E-state index in [-0.39, 0.29) is 42.8 Å². The van der Waals surface area contributed by atoms with Crippen LogP contribution in [0.15, 0.2) is 42.5 Å². The third kappa shape index (κ3) is 4.34. The van der Waals surface area contributed by atoms with Crippen molar-refractivity contribution in [3.8, 4) is 11.1 Å². The Kier molecular flexibility index (Phi) is 5.59. The average Bonchev–Trinajstić information content (AvgIpc) is 3.40. The van der Waals surface area contributed by atoms with Crippen LogP contribution in [-0.2, 0) is 14.8 Å². The molecule has 31 heavy (non-hydrogen) atoms. The van der Waals surface area contributed by atoms with Gasteiger partial charge in [0, 0.05) is 19.0 Å². The Balaban J connectivity index is 1.54. The number of hydrogen-bond donors (Lipinski definition) is 1. The molecule has 1 saturated heterocycles. The molecule has 0 spiro atoms. The molecule has 0 aromatic heterocycles. The molecule has 9 heteroatoms. The molecule has 166 valence electrons. The molecule has 4 rings (SSSR count). The zero-order valence-electron chi connectivity index (χ0n) is 16.9. The number of likely N-dealkylation sites (tertiary alicyclic amines) is 1. The van der Waals surface area contributed by atoms with Crippen molar-refractivity contribution < 1.29 is 26.4 Å². The van der Waals surface area contributed by atoms with Crippen LogP contribution < -0.4 is 4.72 Å². The van der Waals surface area contributed by atoms with Crippen molar-refractivity contribution in [2.24, 2.45) is 5.92 Å². The number of nitrogens with zero attached hydrogens (tertiary/aromatic N) is 1. The topological polar surface area (TPSA) is 66.5 Å². The molecule has 0 bridgehead atoms. The Morgan fingerprint density at radius 1 is 1.16 bits per heavy atom. The van der Waals surface area contributed by atoms with Crippen molar-refractivity contribution in [2.45, 2.75) is 24.3 Å². The van der Waals surface area contributed by atoms with E-state index in [0.29, 0.717) is 17.5 Å². The standard InChI is InChI=1S/C22H23F3N2O3S/c1-31(29,30)26-22(12-23)9-10-27(13-22)21(28)17-11-16(17)14-5-2-3-6-15(14)20-18(24)7-4-8-19(20)25/h2-8,16-17,26H,9-13H2,1H3/t16-,17+,22+/m0/s1. The molecule has 2 aliphatic rings. The minimum atomic E-state index is -3.63. The molecular formula is C22H23F3N2O3S. The molecule has 1 N–H and O–H groups in total. The van der Waals surface area contributed by atoms with E-state index in [9.17, 15) is 26.4 Å². The minimum absolute atomic E-state index is 0.0395. The number of amides is 1. The molecule has 0 unspecified atom stereocenters. The summed E-state index contributed by atoms with van der Waals surface area (Å²) in [6.07, 6.45) is 1.67. The highest BCUT2D eigenvalue weighted by Crippen LogP contribution is 2.52. The highest BCUT2D eigenvalue weighted by Gasteiger charge is 2.50. The fourth-order valence-electron chi connectivity index (χ4n) is 4.52. The maximum atomic E-state index is 14.4. The van der Waals surface area contributed by atoms with Crippen LogP contribution in [0.25, 0.3) is 11.1 Å². The quantitative estimate of drug-likeness (QED) is 0.732. The summed E-state index contributed by atoms with van der Waals surface area (Å²) in [5, 5.41) is 0. The number of nitrogens with one attached hydrogen (secondary N) is 1. The number of alkyl halides is 1. The predicted molar refractivity (Wildman–Crippen MR) is 111 cm³/mol. The first-order valence-electron chi connectivity index (χ1n) is 10.0. The molecular weight excluding hydrogens is 429 g/mol. The summed E-state index contributed by atoms with van der Waals surface area (Å²) in [4.78, 5) is 14.5. The summed E-state index contributed by atoms with van der Waals surface area (Å²) in [5.74, 6) is -2.12. The lowest BCUT2D eigenvalue weighted by Crippen LogP contribution is -2.52. The second kappa shape index (κ2) is 7.94. The summed E-state index contributed by atoms with van der Waals surface area (Å²) in [6, 6.07) is 10.5. The normalized spacial score (nSPS) is 25.6. The summed E-state index contributed by atoms with van der Waals surface area (Å²) in [6.45, 7) is -0.701. The fourth-order valence-corrected chi connectivity index (χ4v) is 5.53. The third-order valence-electron chi connectivity index (χ3n) is 6.02. The third-order valence-corrected chi connectivity index (χ3v) is 6.83. The Morgan fingerprint density at radius 2 is 1.84 bits per heavy atom. The van der Waals surface area contributed by atoms with Gasteiger partial charge >= 0.3 is 0 Å². The van der Waals surface area contributed by atoms with Crippen molar-refractivity contribution in [1.82, 2.24) is 9.62 Å². The first-order chi connectivity index (χ1) is 14.6. The summed E-state index contributed by atoms with van der Waals surface area (Å²) < 4.78 is 67.9. The Morgan fingerprint density at radius 3 is 2.48 bits per heavy atom. The van der Waals surface area contributed by atoms with Gasteiger partial charge in [-0.15, -0.1) is 0 Å². The van der Waals surface area contributed by atoms with E-state index in [4.69, 9.17) is 0 Å². The van der Waals surface area contributed by atoms with Crippen LogP contribution in [0.5, 0.6) is 0 Å². The van der Waals surface area contributed by atoms with E-state index < -0.39 is 33.9 Å². The summed E-state index contributed by atoms with van der Waals surface area (Å²) in [5.41, 5.74) is -0.320. The zero-order valence-corrected chi connectivity index (χ0v) is 17.8. The van der Waals surface area contributed by atoms with Gasteiger partial charge in [0.15, 0.2) is 0 Å². The maximum absolute atomic E-state index is 14.4. The Labute approximate surface area is 179 Å². The molecule has 1 amide bonds. The van der Waals surface area contributed by atoms with Crippen molar-refractivity contribution in [3.63, 3.8) is 0 Å². The van der Waals surface area contributed by atoms with Gasteiger partial charge < -0.3 is 4.90 Å². The van der Waals surface area contributed by atoms with E-state index in [1.54, 1.807) is 24.3 Å². The van der Waals surface area contributed by atoms with Crippen molar-refractivity contribution in [1.29, 1.82) is 0 Å². The van der Waals surface area contributed by atoms with Gasteiger partial charge in [-0.05, 0) is 42.0 Å². The predicted octanol–water partition coefficient (Wildman–Crippen LogP) is 3.23. The maximum Gasteiger partial charge on any atom is 0.226 e. The highest BCUT2D eigenvalue weighted by atomic mass is 32.2. The number of carbonyl (C=O) groups excluding carboxylic acids is 1. The second-order valence-corrected chi connectivity index (χ2v) is 10.2. The Hall–Kier alpha value is -2.39. The number of hydrogen-bond acceptors (Lipinski definition) is 3. The van der Waals surface area contributed by atoms with E-state index >= 15 is 0 Å². The van der Waals surface area contributed by atoms with E-state index in [2.05, 4.69) is 4.72 Å². The molecule has 1 saturated carbocycles. The monoisotopic (exact) mass is 452 g/mol. The molecule has 1 aliphatic carbocycles. The van der Waals surface area contributed by atoms with Crippen molar-refractivity contribution >= 4 is 15.9 Å². The lowest BCUT2D eigenvalue weighted by Gasteiger charge is -2.26. The molecule has 5 nitrogen and oxygen atoms in total. The van der Waals surface area contributed by atoms with Gasteiger partial charge in [0.05, 0.1) is 17.4 Å². The molecule has 2 aromatic carbocycles. The lowest BCUT2D eigenvalue weighted by molar-refractivity contribution is -0.131. The molecule has 3 atom stereocenters. The summed E-state index contributed by atoms with van der Waals surface area (Å²) >= 11 is 0. The SMILES string of the molecule is CS(=O)(=O)N[C@@]1(CF)CCN(C(=O)[C@@H]2C[C@H]2c2ccccc2-c2c(F)cccc2F)C1. The van der Waals surface area contributed by atoms with Crippen LogP contribution in [-0.4, -0.2) is 50.8 Å². The zero-order chi connectivity index (χ0) is 22.4. The van der Waals surface area contributed by atoms with Gasteiger partial charge in [0.25, 0.3) is 0 Å². The number of benzene rings is 2. The molecule has 2 fully saturated rings. The van der Waals surface area contributed by atoms with Gasteiger partial charge in [0.2, 0.25) is 15.9 Å². The lowest BCUT2D eigenvalue weighted by atomic mass is 9.95. The van der Waals surface area contributed by atoms with Crippen LogP contribution >= 0.6 is 0 Å². The Bertz CT molecular complexity index is 1100. The van der Waals surface area contributed by atoms with Gasteiger partial charge in [-0.1, -0.05) is 30.3 Å². The van der Waals surface area contributed by atoms with Crippen LogP contribution in [0.3, 0.4) is 0 Å². The molecule has 1 heterocycles. The van der Waals surface area contributed by atoms with Crippen LogP contribution in [0.1, 0.15) is 24.3 Å². The molecule has 1 aliphatic heterocycles. The van der Waals surface area contributed by atoms with E-state index in [1.165, 1.54) is 23.1 Å². The van der Waals surface area contributed by atoms with Crippen molar-refractivity contribution in [2.75, 3.05) is 26.0 Å². The number of sulfonamides is 1. The highest BCUT2D eigenvalue weighted by molar-refractivity contribution is 7.88. The average molecular weight is 452 g/mol. The van der Waals surface area contributed by atoms with Gasteiger partial charge in [0.1, 0.15) is 18.3 Å². The van der Waals surface area contributed by atoms with Gasteiger partial charge in [-0.25, -0.2) is 26.3 Å². The second-order valence-electron chi connectivity index (χ2n) is 8.43. The van der Waals surface area contributed by atoms with Crippen LogP contribution in [0.2, 0.25) is 0 Å². The first kappa shape index (κ1) is 21.8. The summed E-state index contributed by atoms with van der Waals surface area (Å²) in [7, 11) is -3.63. The van der Waals surface area contributed by atoms with Gasteiger partial charge in [-0.3, -0.25) is 4.79 Å². The molecule has 2 aromatic rings. The van der Waals surface area contributed by atoms with E-state index in [0.717, 1.165) is 6.26 Å². The first-order valence-corrected chi connectivity index (χ1v) is 11.9. The fraction of sp³-hybridized carbons (Fsp3) is 0.409. The minimum Gasteiger partial charge on any atom is -0.340 e. The van der Waals surface area contributed by atoms with Crippen LogP contribution in [0.4, 0.5) is 13.2 Å². The number of halogens is 3.